The summed E-state index contributed by atoms with van der Waals surface area (Å²) < 4.78 is 0. The van der Waals surface area contributed by atoms with Gasteiger partial charge in [0.1, 0.15) is 6.04 Å². The molecule has 0 amide bonds. The van der Waals surface area contributed by atoms with Gasteiger partial charge in [0, 0.05) is 26.2 Å². The highest BCUT2D eigenvalue weighted by Gasteiger charge is 2.30. The van der Waals surface area contributed by atoms with Crippen molar-refractivity contribution in [3.05, 3.63) is 35.4 Å². The summed E-state index contributed by atoms with van der Waals surface area (Å²) in [5.74, 6) is -0.0153. The number of carbonyl (C=O) groups is 1. The highest BCUT2D eigenvalue weighted by atomic mass is 16.4. The van der Waals surface area contributed by atoms with E-state index in [1.807, 2.05) is 0 Å². The number of piperazine rings is 1. The van der Waals surface area contributed by atoms with E-state index in [1.165, 1.54) is 24.0 Å². The van der Waals surface area contributed by atoms with Crippen LogP contribution < -0.4 is 5.32 Å². The molecule has 1 aromatic rings. The third-order valence-electron chi connectivity index (χ3n) is 4.09. The van der Waals surface area contributed by atoms with Gasteiger partial charge in [-0.15, -0.1) is 0 Å². The number of rotatable bonds is 4. The molecular formula is C15H20N2O2. The van der Waals surface area contributed by atoms with Crippen molar-refractivity contribution in [3.63, 3.8) is 0 Å². The molecule has 4 heteroatoms. The standard InChI is InChI=1S/C15H20N2O2/c18-15(19)14-9-16-7-8-17(14)10-12-3-1-2-4-13(12)11-5-6-11/h1-4,11,14,16H,5-10H2,(H,18,19). The fourth-order valence-electron chi connectivity index (χ4n) is 2.87. The van der Waals surface area contributed by atoms with Gasteiger partial charge >= 0.3 is 5.97 Å². The molecule has 0 spiro atoms. The zero-order valence-electron chi connectivity index (χ0n) is 11.0. The first-order valence-electron chi connectivity index (χ1n) is 7.01. The van der Waals surface area contributed by atoms with Crippen molar-refractivity contribution in [1.82, 2.24) is 10.2 Å². The highest BCUT2D eigenvalue weighted by Crippen LogP contribution is 2.41. The minimum atomic E-state index is -0.726. The van der Waals surface area contributed by atoms with Crippen LogP contribution in [0, 0.1) is 0 Å². The first-order valence-corrected chi connectivity index (χ1v) is 7.01. The van der Waals surface area contributed by atoms with Crippen molar-refractivity contribution >= 4 is 5.97 Å². The molecule has 0 bridgehead atoms. The second-order valence-corrected chi connectivity index (χ2v) is 5.50. The molecule has 1 saturated heterocycles. The zero-order valence-corrected chi connectivity index (χ0v) is 11.0. The van der Waals surface area contributed by atoms with E-state index in [2.05, 4.69) is 34.5 Å². The van der Waals surface area contributed by atoms with Gasteiger partial charge in [0.2, 0.25) is 0 Å². The van der Waals surface area contributed by atoms with Crippen molar-refractivity contribution in [2.45, 2.75) is 31.3 Å². The maximum atomic E-state index is 11.3. The quantitative estimate of drug-likeness (QED) is 0.859. The molecule has 1 unspecified atom stereocenters. The van der Waals surface area contributed by atoms with Gasteiger partial charge in [0.25, 0.3) is 0 Å². The van der Waals surface area contributed by atoms with Gasteiger partial charge in [0.15, 0.2) is 0 Å². The van der Waals surface area contributed by atoms with Crippen LogP contribution >= 0.6 is 0 Å². The maximum Gasteiger partial charge on any atom is 0.322 e. The largest absolute Gasteiger partial charge is 0.480 e. The molecule has 1 aliphatic heterocycles. The van der Waals surface area contributed by atoms with Crippen LogP contribution in [0.25, 0.3) is 0 Å². The first-order chi connectivity index (χ1) is 9.25. The lowest BCUT2D eigenvalue weighted by molar-refractivity contribution is -0.144. The minimum Gasteiger partial charge on any atom is -0.480 e. The summed E-state index contributed by atoms with van der Waals surface area (Å²) in [6, 6.07) is 8.09. The smallest absolute Gasteiger partial charge is 0.322 e. The second kappa shape index (κ2) is 5.31. The molecule has 1 heterocycles. The van der Waals surface area contributed by atoms with E-state index >= 15 is 0 Å². The molecule has 19 heavy (non-hydrogen) atoms. The average molecular weight is 260 g/mol. The van der Waals surface area contributed by atoms with E-state index in [1.54, 1.807) is 0 Å². The molecule has 1 aromatic carbocycles. The number of benzene rings is 1. The minimum absolute atomic E-state index is 0.402. The summed E-state index contributed by atoms with van der Waals surface area (Å²) >= 11 is 0. The summed E-state index contributed by atoms with van der Waals surface area (Å²) in [6.07, 6.45) is 2.56. The Morgan fingerprint density at radius 2 is 2.16 bits per heavy atom. The number of nitrogens with zero attached hydrogens (tertiary/aromatic N) is 1. The molecule has 102 valence electrons. The van der Waals surface area contributed by atoms with E-state index < -0.39 is 12.0 Å². The number of hydrogen-bond acceptors (Lipinski definition) is 3. The van der Waals surface area contributed by atoms with Crippen molar-refractivity contribution < 1.29 is 9.90 Å². The van der Waals surface area contributed by atoms with Gasteiger partial charge in [-0.25, -0.2) is 0 Å². The molecular weight excluding hydrogens is 240 g/mol. The van der Waals surface area contributed by atoms with Crippen molar-refractivity contribution in [1.29, 1.82) is 0 Å². The topological polar surface area (TPSA) is 52.6 Å². The Kier molecular flexibility index (Phi) is 3.53. The molecule has 2 fully saturated rings. The SMILES string of the molecule is O=C(O)C1CNCCN1Cc1ccccc1C1CC1. The molecule has 4 nitrogen and oxygen atoms in total. The Morgan fingerprint density at radius 1 is 1.37 bits per heavy atom. The lowest BCUT2D eigenvalue weighted by Gasteiger charge is -2.33. The molecule has 1 atom stereocenters. The van der Waals surface area contributed by atoms with Crippen molar-refractivity contribution in [2.75, 3.05) is 19.6 Å². The fraction of sp³-hybridized carbons (Fsp3) is 0.533. The number of aliphatic carboxylic acids is 1. The van der Waals surface area contributed by atoms with E-state index in [4.69, 9.17) is 0 Å². The van der Waals surface area contributed by atoms with Crippen LogP contribution in [0.3, 0.4) is 0 Å². The van der Waals surface area contributed by atoms with E-state index in [9.17, 15) is 9.90 Å². The van der Waals surface area contributed by atoms with Crippen LogP contribution in [0.1, 0.15) is 29.9 Å². The monoisotopic (exact) mass is 260 g/mol. The molecule has 1 saturated carbocycles. The Morgan fingerprint density at radius 3 is 2.89 bits per heavy atom. The Bertz CT molecular complexity index is 471. The Balaban J connectivity index is 1.77. The van der Waals surface area contributed by atoms with Crippen LogP contribution in [0.4, 0.5) is 0 Å². The van der Waals surface area contributed by atoms with Crippen molar-refractivity contribution in [3.8, 4) is 0 Å². The average Bonchev–Trinajstić information content (AvgIpc) is 3.24. The van der Waals surface area contributed by atoms with Crippen LogP contribution in [0.15, 0.2) is 24.3 Å². The predicted octanol–water partition coefficient (Wildman–Crippen LogP) is 1.42. The van der Waals surface area contributed by atoms with Gasteiger partial charge in [-0.3, -0.25) is 9.69 Å². The van der Waals surface area contributed by atoms with Crippen LogP contribution in [0.5, 0.6) is 0 Å². The number of nitrogens with one attached hydrogen (secondary N) is 1. The lowest BCUT2D eigenvalue weighted by atomic mass is 10.0. The van der Waals surface area contributed by atoms with E-state index in [0.717, 1.165) is 19.6 Å². The predicted molar refractivity (Wildman–Crippen MR) is 73.1 cm³/mol. The summed E-state index contributed by atoms with van der Waals surface area (Å²) in [5, 5.41) is 12.5. The molecule has 3 rings (SSSR count). The van der Waals surface area contributed by atoms with Gasteiger partial charge in [-0.05, 0) is 29.9 Å². The number of carboxylic acid groups (broad SMARTS) is 1. The molecule has 0 aromatic heterocycles. The first kappa shape index (κ1) is 12.6. The van der Waals surface area contributed by atoms with Crippen LogP contribution in [0.2, 0.25) is 0 Å². The maximum absolute atomic E-state index is 11.3. The van der Waals surface area contributed by atoms with Crippen LogP contribution in [-0.2, 0) is 11.3 Å². The fourth-order valence-corrected chi connectivity index (χ4v) is 2.87. The second-order valence-electron chi connectivity index (χ2n) is 5.50. The molecule has 1 aliphatic carbocycles. The van der Waals surface area contributed by atoms with Crippen LogP contribution in [-0.4, -0.2) is 41.7 Å². The normalized spacial score (nSPS) is 24.3. The van der Waals surface area contributed by atoms with E-state index in [0.29, 0.717) is 12.5 Å². The van der Waals surface area contributed by atoms with E-state index in [-0.39, 0.29) is 0 Å². The summed E-state index contributed by atoms with van der Waals surface area (Å²) in [7, 11) is 0. The Hall–Kier alpha value is -1.39. The van der Waals surface area contributed by atoms with Crippen molar-refractivity contribution in [2.24, 2.45) is 0 Å². The van der Waals surface area contributed by atoms with Gasteiger partial charge in [-0.1, -0.05) is 24.3 Å². The third kappa shape index (κ3) is 2.80. The molecule has 2 N–H and O–H groups in total. The summed E-state index contributed by atoms with van der Waals surface area (Å²) in [5.41, 5.74) is 2.73. The Labute approximate surface area is 113 Å². The molecule has 0 radical (unpaired) electrons. The van der Waals surface area contributed by atoms with Gasteiger partial charge in [-0.2, -0.15) is 0 Å². The number of hydrogen-bond donors (Lipinski definition) is 2. The van der Waals surface area contributed by atoms with Gasteiger partial charge < -0.3 is 10.4 Å². The summed E-state index contributed by atoms with van der Waals surface area (Å²) in [4.78, 5) is 13.4. The third-order valence-corrected chi connectivity index (χ3v) is 4.09. The summed E-state index contributed by atoms with van der Waals surface area (Å²) in [6.45, 7) is 2.97. The lowest BCUT2D eigenvalue weighted by Crippen LogP contribution is -2.54. The molecule has 2 aliphatic rings. The van der Waals surface area contributed by atoms with Gasteiger partial charge in [0.05, 0.1) is 0 Å². The number of carboxylic acids is 1. The zero-order chi connectivity index (χ0) is 13.2. The highest BCUT2D eigenvalue weighted by molar-refractivity contribution is 5.74.